The molecule has 0 N–H and O–H groups in total. The molecule has 2 amide bonds. The van der Waals surface area contributed by atoms with Crippen LogP contribution in [-0.2, 0) is 9.53 Å². The Bertz CT molecular complexity index is 331. The number of hydrogen-bond donors (Lipinski definition) is 0. The Balaban J connectivity index is 2.60. The van der Waals surface area contributed by atoms with Gasteiger partial charge in [0.05, 0.1) is 6.61 Å². The molecule has 1 fully saturated rings. The number of ether oxygens (including phenoxy) is 1. The van der Waals surface area contributed by atoms with E-state index >= 15 is 0 Å². The number of nitrogens with zero attached hydrogens (tertiary/aromatic N) is 2. The monoisotopic (exact) mass is 268 g/mol. The van der Waals surface area contributed by atoms with Gasteiger partial charge in [0, 0.05) is 19.6 Å². The second kappa shape index (κ2) is 7.81. The van der Waals surface area contributed by atoms with Gasteiger partial charge in [-0.05, 0) is 25.7 Å². The quantitative estimate of drug-likeness (QED) is 0.565. The number of rotatable bonds is 5. The van der Waals surface area contributed by atoms with E-state index in [1.807, 2.05) is 4.90 Å². The number of urea groups is 1. The number of likely N-dealkylation sites (tertiary alicyclic amines) is 1. The fraction of sp³-hybridized carbons (Fsp3) is 0.714. The molecular formula is C14H24N2O3. The smallest absolute Gasteiger partial charge is 0.325 e. The van der Waals surface area contributed by atoms with E-state index in [1.54, 1.807) is 13.0 Å². The van der Waals surface area contributed by atoms with Crippen molar-refractivity contribution in [2.45, 2.75) is 26.7 Å². The maximum Gasteiger partial charge on any atom is 0.325 e. The van der Waals surface area contributed by atoms with Gasteiger partial charge in [-0.25, -0.2) is 4.79 Å². The Hall–Kier alpha value is -1.52. The first-order valence-corrected chi connectivity index (χ1v) is 6.88. The van der Waals surface area contributed by atoms with Crippen molar-refractivity contribution in [1.82, 2.24) is 9.80 Å². The third kappa shape index (κ3) is 4.93. The highest BCUT2D eigenvalue weighted by molar-refractivity contribution is 5.81. The molecule has 0 aliphatic carbocycles. The standard InChI is InChI=1S/C14H24N2O3/c1-4-8-15(11-13(17)19-5-2)14(18)16-9-6-7-12(3)10-16/h4,12H,1,5-11H2,2-3H3. The molecular weight excluding hydrogens is 244 g/mol. The number of esters is 1. The van der Waals surface area contributed by atoms with Gasteiger partial charge >= 0.3 is 12.0 Å². The molecule has 0 radical (unpaired) electrons. The van der Waals surface area contributed by atoms with Gasteiger partial charge in [0.25, 0.3) is 0 Å². The number of carbonyl (C=O) groups excluding carboxylic acids is 2. The van der Waals surface area contributed by atoms with Crippen LogP contribution in [0.5, 0.6) is 0 Å². The van der Waals surface area contributed by atoms with Crippen molar-refractivity contribution in [1.29, 1.82) is 0 Å². The predicted octanol–water partition coefficient (Wildman–Crippen LogP) is 1.89. The van der Waals surface area contributed by atoms with Crippen LogP contribution in [-0.4, -0.2) is 54.6 Å². The lowest BCUT2D eigenvalue weighted by atomic mass is 10.0. The van der Waals surface area contributed by atoms with Crippen LogP contribution in [0.1, 0.15) is 26.7 Å². The molecule has 1 saturated heterocycles. The lowest BCUT2D eigenvalue weighted by molar-refractivity contribution is -0.143. The number of amides is 2. The maximum atomic E-state index is 12.4. The highest BCUT2D eigenvalue weighted by Gasteiger charge is 2.26. The molecule has 108 valence electrons. The van der Waals surface area contributed by atoms with Crippen molar-refractivity contribution >= 4 is 12.0 Å². The molecule has 1 atom stereocenters. The minimum absolute atomic E-state index is 0.0103. The largest absolute Gasteiger partial charge is 0.465 e. The Labute approximate surface area is 115 Å². The minimum Gasteiger partial charge on any atom is -0.465 e. The average Bonchev–Trinajstić information content (AvgIpc) is 2.37. The zero-order valence-corrected chi connectivity index (χ0v) is 11.9. The van der Waals surface area contributed by atoms with Gasteiger partial charge in [0.1, 0.15) is 6.54 Å². The summed E-state index contributed by atoms with van der Waals surface area (Å²) in [6, 6.07) is -0.0977. The topological polar surface area (TPSA) is 49.9 Å². The molecule has 5 nitrogen and oxygen atoms in total. The fourth-order valence-electron chi connectivity index (χ4n) is 2.29. The lowest BCUT2D eigenvalue weighted by Crippen LogP contribution is -2.49. The van der Waals surface area contributed by atoms with E-state index in [2.05, 4.69) is 13.5 Å². The molecule has 0 saturated carbocycles. The van der Waals surface area contributed by atoms with Crippen LogP contribution in [0.2, 0.25) is 0 Å². The van der Waals surface area contributed by atoms with Gasteiger partial charge in [0.2, 0.25) is 0 Å². The summed E-state index contributed by atoms with van der Waals surface area (Å²) >= 11 is 0. The van der Waals surface area contributed by atoms with Gasteiger partial charge in [0.15, 0.2) is 0 Å². The second-order valence-electron chi connectivity index (χ2n) is 4.95. The summed E-state index contributed by atoms with van der Waals surface area (Å²) in [4.78, 5) is 27.2. The summed E-state index contributed by atoms with van der Waals surface area (Å²) in [6.07, 6.45) is 3.81. The first-order valence-electron chi connectivity index (χ1n) is 6.88. The highest BCUT2D eigenvalue weighted by atomic mass is 16.5. The molecule has 1 aliphatic heterocycles. The summed E-state index contributed by atoms with van der Waals surface area (Å²) in [5.74, 6) is 0.147. The first kappa shape index (κ1) is 15.5. The highest BCUT2D eigenvalue weighted by Crippen LogP contribution is 2.16. The second-order valence-corrected chi connectivity index (χ2v) is 4.95. The maximum absolute atomic E-state index is 12.4. The summed E-state index contributed by atoms with van der Waals surface area (Å²) in [5, 5.41) is 0. The predicted molar refractivity (Wildman–Crippen MR) is 73.8 cm³/mol. The molecule has 0 bridgehead atoms. The Morgan fingerprint density at radius 3 is 2.84 bits per heavy atom. The molecule has 5 heteroatoms. The van der Waals surface area contributed by atoms with Crippen molar-refractivity contribution in [2.24, 2.45) is 5.92 Å². The van der Waals surface area contributed by atoms with E-state index in [1.165, 1.54) is 4.90 Å². The summed E-state index contributed by atoms with van der Waals surface area (Å²) < 4.78 is 4.89. The summed E-state index contributed by atoms with van der Waals surface area (Å²) in [7, 11) is 0. The van der Waals surface area contributed by atoms with Crippen molar-refractivity contribution in [3.63, 3.8) is 0 Å². The van der Waals surface area contributed by atoms with Gasteiger partial charge < -0.3 is 14.5 Å². The number of hydrogen-bond acceptors (Lipinski definition) is 3. The fourth-order valence-corrected chi connectivity index (χ4v) is 2.29. The minimum atomic E-state index is -0.372. The van der Waals surface area contributed by atoms with E-state index in [9.17, 15) is 9.59 Å². The lowest BCUT2D eigenvalue weighted by Gasteiger charge is -2.34. The van der Waals surface area contributed by atoms with Crippen LogP contribution in [0, 0.1) is 5.92 Å². The van der Waals surface area contributed by atoms with Crippen molar-refractivity contribution < 1.29 is 14.3 Å². The Kier molecular flexibility index (Phi) is 6.39. The molecule has 1 aliphatic rings. The third-order valence-electron chi connectivity index (χ3n) is 3.17. The van der Waals surface area contributed by atoms with Gasteiger partial charge in [-0.3, -0.25) is 4.79 Å². The van der Waals surface area contributed by atoms with Crippen LogP contribution >= 0.6 is 0 Å². The normalized spacial score (nSPS) is 18.8. The molecule has 0 aromatic rings. The van der Waals surface area contributed by atoms with Crippen molar-refractivity contribution in [3.05, 3.63) is 12.7 Å². The van der Waals surface area contributed by atoms with Gasteiger partial charge in [-0.15, -0.1) is 6.58 Å². The van der Waals surface area contributed by atoms with Crippen molar-refractivity contribution in [2.75, 3.05) is 32.8 Å². The number of carbonyl (C=O) groups is 2. The van der Waals surface area contributed by atoms with E-state index in [0.29, 0.717) is 19.1 Å². The zero-order chi connectivity index (χ0) is 14.3. The molecule has 1 unspecified atom stereocenters. The van der Waals surface area contributed by atoms with E-state index in [0.717, 1.165) is 25.9 Å². The van der Waals surface area contributed by atoms with Crippen LogP contribution in [0.25, 0.3) is 0 Å². The Morgan fingerprint density at radius 2 is 2.26 bits per heavy atom. The van der Waals surface area contributed by atoms with Gasteiger partial charge in [-0.2, -0.15) is 0 Å². The summed E-state index contributed by atoms with van der Waals surface area (Å²) in [6.45, 7) is 9.73. The molecule has 0 aromatic heterocycles. The molecule has 0 spiro atoms. The van der Waals surface area contributed by atoms with Crippen LogP contribution in [0.15, 0.2) is 12.7 Å². The zero-order valence-electron chi connectivity index (χ0n) is 11.9. The van der Waals surface area contributed by atoms with E-state index in [4.69, 9.17) is 4.74 Å². The Morgan fingerprint density at radius 1 is 1.53 bits per heavy atom. The summed E-state index contributed by atoms with van der Waals surface area (Å²) in [5.41, 5.74) is 0. The van der Waals surface area contributed by atoms with Crippen LogP contribution in [0.3, 0.4) is 0 Å². The first-order chi connectivity index (χ1) is 9.08. The molecule has 1 rings (SSSR count). The third-order valence-corrected chi connectivity index (χ3v) is 3.17. The van der Waals surface area contributed by atoms with Crippen LogP contribution in [0.4, 0.5) is 4.79 Å². The average molecular weight is 268 g/mol. The molecule has 1 heterocycles. The van der Waals surface area contributed by atoms with Crippen molar-refractivity contribution in [3.8, 4) is 0 Å². The van der Waals surface area contributed by atoms with E-state index in [-0.39, 0.29) is 18.5 Å². The van der Waals surface area contributed by atoms with E-state index < -0.39 is 0 Å². The number of piperidine rings is 1. The van der Waals surface area contributed by atoms with Crippen LogP contribution < -0.4 is 0 Å². The molecule has 0 aromatic carbocycles. The molecule has 19 heavy (non-hydrogen) atoms. The SMILES string of the molecule is C=CCN(CC(=O)OCC)C(=O)N1CCCC(C)C1. The van der Waals surface area contributed by atoms with Gasteiger partial charge in [-0.1, -0.05) is 13.0 Å².